The summed E-state index contributed by atoms with van der Waals surface area (Å²) in [7, 11) is 0. The zero-order valence-electron chi connectivity index (χ0n) is 12.5. The van der Waals surface area contributed by atoms with Gasteiger partial charge in [-0.3, -0.25) is 4.79 Å². The monoisotopic (exact) mass is 369 g/mol. The summed E-state index contributed by atoms with van der Waals surface area (Å²) in [6.07, 6.45) is -6.98. The highest BCUT2D eigenvalue weighted by Crippen LogP contribution is 2.37. The van der Waals surface area contributed by atoms with E-state index >= 15 is 0 Å². The molecule has 1 N–H and O–H groups in total. The van der Waals surface area contributed by atoms with Gasteiger partial charge in [0.1, 0.15) is 0 Å². The number of halogens is 5. The lowest BCUT2D eigenvalue weighted by Crippen LogP contribution is -2.21. The quantitative estimate of drug-likeness (QED) is 0.753. The Morgan fingerprint density at radius 2 is 2.04 bits per heavy atom. The number of carboxylic acids is 1. The first-order chi connectivity index (χ1) is 11.2. The first-order valence-corrected chi connectivity index (χ1v) is 8.30. The highest BCUT2D eigenvalue weighted by molar-refractivity contribution is 7.99. The molecule has 0 saturated carbocycles. The fourth-order valence-corrected chi connectivity index (χ4v) is 3.70. The Hall–Kier alpha value is -1.51. The molecule has 0 aliphatic carbocycles. The van der Waals surface area contributed by atoms with Crippen LogP contribution in [-0.4, -0.2) is 35.2 Å². The van der Waals surface area contributed by atoms with Crippen LogP contribution in [0.15, 0.2) is 18.2 Å². The van der Waals surface area contributed by atoms with Crippen LogP contribution in [0, 0.1) is 0 Å². The van der Waals surface area contributed by atoms with Gasteiger partial charge in [0, 0.05) is 35.3 Å². The third-order valence-electron chi connectivity index (χ3n) is 3.70. The van der Waals surface area contributed by atoms with Crippen LogP contribution in [0.2, 0.25) is 0 Å². The summed E-state index contributed by atoms with van der Waals surface area (Å²) in [5.41, 5.74) is -1.61. The van der Waals surface area contributed by atoms with E-state index in [-0.39, 0.29) is 17.4 Å². The smallest absolute Gasteiger partial charge is 0.416 e. The Kier molecular flexibility index (Phi) is 5.95. The number of nitrogens with zero attached hydrogens (tertiary/aromatic N) is 1. The number of carboxylic acid groups (broad SMARTS) is 1. The predicted molar refractivity (Wildman–Crippen MR) is 81.7 cm³/mol. The average Bonchev–Trinajstić information content (AvgIpc) is 2.94. The second-order valence-electron chi connectivity index (χ2n) is 5.48. The van der Waals surface area contributed by atoms with Crippen LogP contribution in [-0.2, 0) is 11.0 Å². The number of hydrogen-bond acceptors (Lipinski definition) is 3. The van der Waals surface area contributed by atoms with Crippen molar-refractivity contribution >= 4 is 23.4 Å². The van der Waals surface area contributed by atoms with Crippen LogP contribution in [0.4, 0.5) is 27.6 Å². The summed E-state index contributed by atoms with van der Waals surface area (Å²) in [4.78, 5) is 12.1. The second-order valence-corrected chi connectivity index (χ2v) is 6.89. The third-order valence-corrected chi connectivity index (χ3v) is 5.00. The van der Waals surface area contributed by atoms with E-state index in [1.54, 1.807) is 4.90 Å². The van der Waals surface area contributed by atoms with Gasteiger partial charge in [-0.15, -0.1) is 0 Å². The fourth-order valence-electron chi connectivity index (χ4n) is 2.52. The van der Waals surface area contributed by atoms with Gasteiger partial charge in [-0.2, -0.15) is 24.9 Å². The molecular weight excluding hydrogens is 353 g/mol. The van der Waals surface area contributed by atoms with E-state index in [1.165, 1.54) is 11.8 Å². The van der Waals surface area contributed by atoms with Crippen LogP contribution in [0.1, 0.15) is 30.4 Å². The fraction of sp³-hybridized carbons (Fsp3) is 0.533. The molecule has 0 bridgehead atoms. The zero-order valence-corrected chi connectivity index (χ0v) is 13.3. The minimum atomic E-state index is -4.69. The number of rotatable bonds is 6. The predicted octanol–water partition coefficient (Wildman–Crippen LogP) is 4.43. The molecule has 134 valence electrons. The lowest BCUT2D eigenvalue weighted by atomic mass is 10.1. The topological polar surface area (TPSA) is 40.5 Å². The molecule has 1 unspecified atom stereocenters. The summed E-state index contributed by atoms with van der Waals surface area (Å²) in [6, 6.07) is 2.45. The number of benzene rings is 1. The molecule has 1 aliphatic rings. The Morgan fingerprint density at radius 3 is 2.62 bits per heavy atom. The summed E-state index contributed by atoms with van der Waals surface area (Å²) in [6.45, 7) is 0.864. The van der Waals surface area contributed by atoms with Gasteiger partial charge in [0.05, 0.1) is 12.0 Å². The maximum Gasteiger partial charge on any atom is 0.416 e. The first-order valence-electron chi connectivity index (χ1n) is 7.25. The lowest BCUT2D eigenvalue weighted by Gasteiger charge is -2.21. The Bertz CT molecular complexity index is 594. The minimum Gasteiger partial charge on any atom is -0.481 e. The molecule has 2 rings (SSSR count). The molecule has 0 amide bonds. The van der Waals surface area contributed by atoms with E-state index in [9.17, 15) is 26.7 Å². The van der Waals surface area contributed by atoms with Gasteiger partial charge < -0.3 is 10.0 Å². The van der Waals surface area contributed by atoms with Crippen LogP contribution in [0.25, 0.3) is 0 Å². The number of hydrogen-bond donors (Lipinski definition) is 1. The molecule has 1 fully saturated rings. The van der Waals surface area contributed by atoms with Gasteiger partial charge in [-0.05, 0) is 24.6 Å². The van der Waals surface area contributed by atoms with Crippen molar-refractivity contribution in [2.75, 3.05) is 23.7 Å². The number of alkyl halides is 5. The number of anilines is 1. The molecule has 1 heterocycles. The molecule has 0 spiro atoms. The van der Waals surface area contributed by atoms with E-state index in [2.05, 4.69) is 0 Å². The van der Waals surface area contributed by atoms with E-state index < -0.39 is 29.7 Å². The SMILES string of the molecule is O=C(O)CCSC1CCN(c2cc(C(F)F)cc(C(F)(F)F)c2)C1. The van der Waals surface area contributed by atoms with Crippen LogP contribution in [0.3, 0.4) is 0 Å². The van der Waals surface area contributed by atoms with Crippen molar-refractivity contribution in [3.05, 3.63) is 29.3 Å². The molecule has 1 atom stereocenters. The maximum atomic E-state index is 12.9. The van der Waals surface area contributed by atoms with E-state index in [4.69, 9.17) is 5.11 Å². The minimum absolute atomic E-state index is 0.0141. The highest BCUT2D eigenvalue weighted by Gasteiger charge is 2.33. The standard InChI is InChI=1S/C15H16F5NO2S/c16-14(17)9-5-10(15(18,19)20)7-11(6-9)21-3-1-12(8-21)24-4-2-13(22)23/h5-7,12,14H,1-4,8H2,(H,22,23). The first kappa shape index (κ1) is 18.8. The van der Waals surface area contributed by atoms with Crippen molar-refractivity contribution in [2.24, 2.45) is 0 Å². The van der Waals surface area contributed by atoms with Crippen molar-refractivity contribution in [2.45, 2.75) is 30.7 Å². The molecule has 3 nitrogen and oxygen atoms in total. The highest BCUT2D eigenvalue weighted by atomic mass is 32.2. The molecule has 9 heteroatoms. The average molecular weight is 369 g/mol. The van der Waals surface area contributed by atoms with Gasteiger partial charge in [0.2, 0.25) is 0 Å². The summed E-state index contributed by atoms with van der Waals surface area (Å²) in [5, 5.41) is 8.68. The van der Waals surface area contributed by atoms with Gasteiger partial charge in [0.15, 0.2) is 0 Å². The molecule has 1 aromatic rings. The lowest BCUT2D eigenvalue weighted by molar-refractivity contribution is -0.138. The van der Waals surface area contributed by atoms with Crippen molar-refractivity contribution < 1.29 is 31.9 Å². The Labute approximate surface area is 139 Å². The van der Waals surface area contributed by atoms with Gasteiger partial charge in [-0.1, -0.05) is 0 Å². The molecule has 0 radical (unpaired) electrons. The largest absolute Gasteiger partial charge is 0.481 e. The van der Waals surface area contributed by atoms with Gasteiger partial charge in [0.25, 0.3) is 6.43 Å². The van der Waals surface area contributed by atoms with E-state index in [0.29, 0.717) is 31.3 Å². The van der Waals surface area contributed by atoms with E-state index in [1.807, 2.05) is 0 Å². The number of carbonyl (C=O) groups is 1. The molecule has 1 saturated heterocycles. The van der Waals surface area contributed by atoms with Crippen LogP contribution < -0.4 is 4.90 Å². The normalized spacial score (nSPS) is 18.4. The Morgan fingerprint density at radius 1 is 1.33 bits per heavy atom. The molecule has 24 heavy (non-hydrogen) atoms. The zero-order chi connectivity index (χ0) is 17.9. The van der Waals surface area contributed by atoms with Crippen molar-refractivity contribution in [3.63, 3.8) is 0 Å². The third kappa shape index (κ3) is 4.99. The van der Waals surface area contributed by atoms with Crippen LogP contribution in [0.5, 0.6) is 0 Å². The van der Waals surface area contributed by atoms with Gasteiger partial charge in [-0.25, -0.2) is 8.78 Å². The molecular formula is C15H16F5NO2S. The number of thioether (sulfide) groups is 1. The number of aliphatic carboxylic acids is 1. The molecule has 0 aromatic heterocycles. The summed E-state index contributed by atoms with van der Waals surface area (Å²) in [5.74, 6) is -0.490. The molecule has 1 aliphatic heterocycles. The van der Waals surface area contributed by atoms with E-state index in [0.717, 1.165) is 12.1 Å². The van der Waals surface area contributed by atoms with Crippen molar-refractivity contribution in [1.82, 2.24) is 0 Å². The molecule has 1 aromatic carbocycles. The van der Waals surface area contributed by atoms with Crippen molar-refractivity contribution in [1.29, 1.82) is 0 Å². The van der Waals surface area contributed by atoms with Crippen LogP contribution >= 0.6 is 11.8 Å². The maximum absolute atomic E-state index is 12.9. The summed E-state index contributed by atoms with van der Waals surface area (Å²) >= 11 is 1.44. The second kappa shape index (κ2) is 7.58. The van der Waals surface area contributed by atoms with Gasteiger partial charge >= 0.3 is 12.1 Å². The Balaban J connectivity index is 2.11. The summed E-state index contributed by atoms with van der Waals surface area (Å²) < 4.78 is 64.4. The van der Waals surface area contributed by atoms with Crippen molar-refractivity contribution in [3.8, 4) is 0 Å².